The molecule has 1 saturated heterocycles. The Balaban J connectivity index is 1.57. The molecule has 1 aromatic carbocycles. The molecule has 4 rings (SSSR count). The largest absolute Gasteiger partial charge is 0.383 e. The third-order valence-corrected chi connectivity index (χ3v) is 5.23. The Morgan fingerprint density at radius 1 is 1.30 bits per heavy atom. The maximum absolute atomic E-state index is 13.0. The maximum Gasteiger partial charge on any atom is 0.268 e. The van der Waals surface area contributed by atoms with Crippen molar-refractivity contribution in [2.45, 2.75) is 18.6 Å². The molecule has 2 aromatic heterocycles. The summed E-state index contributed by atoms with van der Waals surface area (Å²) in [6.07, 6.45) is 0.589. The number of aromatic amines is 1. The lowest BCUT2D eigenvalue weighted by Crippen LogP contribution is -2.49. The van der Waals surface area contributed by atoms with Gasteiger partial charge in [-0.15, -0.1) is 0 Å². The Morgan fingerprint density at radius 3 is 2.77 bits per heavy atom. The standard InChI is InChI=1S/C21H19ClN4O4/c22-19-8-13-7-14(24-16(13)9-23-19)20(29)25-15(6-12-4-2-1-3-5-12)21(30)26-10-17(27)18(28)11-26/h1-5,7-9,15,17,24,27H,6,10-11H2,(H,25,29)/t15-,17+/m0/s1. The summed E-state index contributed by atoms with van der Waals surface area (Å²) in [5.74, 6) is -1.30. The fourth-order valence-corrected chi connectivity index (χ4v) is 3.64. The molecule has 0 saturated carbocycles. The molecule has 30 heavy (non-hydrogen) atoms. The van der Waals surface area contributed by atoms with Gasteiger partial charge in [0.2, 0.25) is 5.91 Å². The zero-order valence-electron chi connectivity index (χ0n) is 15.8. The highest BCUT2D eigenvalue weighted by Crippen LogP contribution is 2.18. The van der Waals surface area contributed by atoms with Crippen molar-refractivity contribution < 1.29 is 19.5 Å². The van der Waals surface area contributed by atoms with E-state index in [2.05, 4.69) is 15.3 Å². The van der Waals surface area contributed by atoms with Crippen molar-refractivity contribution >= 4 is 40.1 Å². The molecular weight excluding hydrogens is 408 g/mol. The van der Waals surface area contributed by atoms with E-state index in [1.54, 1.807) is 12.1 Å². The molecule has 0 spiro atoms. The lowest BCUT2D eigenvalue weighted by molar-refractivity contribution is -0.133. The second-order valence-corrected chi connectivity index (χ2v) is 7.58. The molecule has 3 N–H and O–H groups in total. The number of aliphatic hydroxyl groups is 1. The summed E-state index contributed by atoms with van der Waals surface area (Å²) >= 11 is 5.90. The van der Waals surface area contributed by atoms with Gasteiger partial charge < -0.3 is 20.3 Å². The van der Waals surface area contributed by atoms with Crippen LogP contribution in [0.1, 0.15) is 16.1 Å². The highest BCUT2D eigenvalue weighted by atomic mass is 35.5. The molecule has 154 valence electrons. The van der Waals surface area contributed by atoms with Gasteiger partial charge in [0.15, 0.2) is 5.78 Å². The number of Topliss-reactive ketones (excluding diaryl/α,β-unsaturated/α-hetero) is 1. The third-order valence-electron chi connectivity index (χ3n) is 5.03. The van der Waals surface area contributed by atoms with Crippen LogP contribution in [-0.2, 0) is 16.0 Å². The average molecular weight is 427 g/mol. The highest BCUT2D eigenvalue weighted by Gasteiger charge is 2.36. The second kappa shape index (κ2) is 8.25. The lowest BCUT2D eigenvalue weighted by Gasteiger charge is -2.23. The smallest absolute Gasteiger partial charge is 0.268 e. The molecule has 8 nitrogen and oxygen atoms in total. The number of hydrogen-bond donors (Lipinski definition) is 3. The van der Waals surface area contributed by atoms with Crippen LogP contribution in [0.4, 0.5) is 0 Å². The van der Waals surface area contributed by atoms with Crippen LogP contribution in [0.2, 0.25) is 5.15 Å². The molecule has 2 amide bonds. The summed E-state index contributed by atoms with van der Waals surface area (Å²) < 4.78 is 0. The number of nitrogens with zero attached hydrogens (tertiary/aromatic N) is 2. The Kier molecular flexibility index (Phi) is 5.52. The van der Waals surface area contributed by atoms with E-state index in [-0.39, 0.29) is 25.2 Å². The summed E-state index contributed by atoms with van der Waals surface area (Å²) in [6, 6.07) is 11.6. The van der Waals surface area contributed by atoms with Crippen LogP contribution in [0.3, 0.4) is 0 Å². The summed E-state index contributed by atoms with van der Waals surface area (Å²) in [4.78, 5) is 45.8. The van der Waals surface area contributed by atoms with Crippen LogP contribution < -0.4 is 5.32 Å². The van der Waals surface area contributed by atoms with E-state index < -0.39 is 29.7 Å². The predicted octanol–water partition coefficient (Wildman–Crippen LogP) is 1.33. The first-order valence-electron chi connectivity index (χ1n) is 9.39. The number of halogens is 1. The molecule has 9 heteroatoms. The number of nitrogens with one attached hydrogen (secondary N) is 2. The van der Waals surface area contributed by atoms with Crippen molar-refractivity contribution in [1.82, 2.24) is 20.2 Å². The van der Waals surface area contributed by atoms with Crippen molar-refractivity contribution in [3.63, 3.8) is 0 Å². The van der Waals surface area contributed by atoms with E-state index in [4.69, 9.17) is 11.6 Å². The van der Waals surface area contributed by atoms with Crippen LogP contribution in [-0.4, -0.2) is 62.8 Å². The van der Waals surface area contributed by atoms with Gasteiger partial charge >= 0.3 is 0 Å². The average Bonchev–Trinajstić information content (AvgIpc) is 3.30. The number of aliphatic hydroxyl groups excluding tert-OH is 1. The van der Waals surface area contributed by atoms with Crippen molar-refractivity contribution in [1.29, 1.82) is 0 Å². The Hall–Kier alpha value is -3.23. The van der Waals surface area contributed by atoms with Gasteiger partial charge in [-0.25, -0.2) is 4.98 Å². The molecule has 0 unspecified atom stereocenters. The number of rotatable bonds is 5. The van der Waals surface area contributed by atoms with Crippen molar-refractivity contribution in [2.75, 3.05) is 13.1 Å². The minimum atomic E-state index is -1.19. The first kappa shape index (κ1) is 20.1. The molecule has 3 heterocycles. The SMILES string of the molecule is O=C(N[C@@H](Cc1ccccc1)C(=O)N1CC(=O)[C@H](O)C1)c1cc2cc(Cl)ncc2[nH]1. The number of carbonyl (C=O) groups is 3. The lowest BCUT2D eigenvalue weighted by atomic mass is 10.0. The Labute approximate surface area is 176 Å². The summed E-state index contributed by atoms with van der Waals surface area (Å²) in [5, 5.41) is 13.5. The van der Waals surface area contributed by atoms with Crippen LogP contribution in [0.15, 0.2) is 48.7 Å². The number of aromatic nitrogens is 2. The summed E-state index contributed by atoms with van der Waals surface area (Å²) in [5.41, 5.74) is 1.76. The van der Waals surface area contributed by atoms with Crippen molar-refractivity contribution in [3.8, 4) is 0 Å². The number of carbonyl (C=O) groups excluding carboxylic acids is 3. The quantitative estimate of drug-likeness (QED) is 0.532. The maximum atomic E-state index is 13.0. The van der Waals surface area contributed by atoms with Crippen molar-refractivity contribution in [3.05, 3.63) is 65.1 Å². The molecule has 1 aliphatic heterocycles. The van der Waals surface area contributed by atoms with Crippen LogP contribution >= 0.6 is 11.6 Å². The van der Waals surface area contributed by atoms with Gasteiger partial charge in [0.05, 0.1) is 24.8 Å². The Bertz CT molecular complexity index is 1110. The molecule has 0 aliphatic carbocycles. The van der Waals surface area contributed by atoms with Gasteiger partial charge in [0, 0.05) is 11.8 Å². The topological polar surface area (TPSA) is 115 Å². The number of ketones is 1. The van der Waals surface area contributed by atoms with Gasteiger partial charge in [-0.1, -0.05) is 41.9 Å². The molecular formula is C21H19ClN4O4. The van der Waals surface area contributed by atoms with Crippen molar-refractivity contribution in [2.24, 2.45) is 0 Å². The third kappa shape index (κ3) is 4.19. The van der Waals surface area contributed by atoms with E-state index in [0.29, 0.717) is 10.7 Å². The zero-order chi connectivity index (χ0) is 21.3. The molecule has 0 bridgehead atoms. The fraction of sp³-hybridized carbons (Fsp3) is 0.238. The van der Waals surface area contributed by atoms with E-state index in [1.165, 1.54) is 11.1 Å². The molecule has 0 radical (unpaired) electrons. The van der Waals surface area contributed by atoms with Gasteiger partial charge in [0.25, 0.3) is 5.91 Å². The zero-order valence-corrected chi connectivity index (χ0v) is 16.6. The van der Waals surface area contributed by atoms with E-state index in [0.717, 1.165) is 10.9 Å². The molecule has 1 fully saturated rings. The number of likely N-dealkylation sites (tertiary alicyclic amines) is 1. The predicted molar refractivity (Wildman–Crippen MR) is 110 cm³/mol. The van der Waals surface area contributed by atoms with Gasteiger partial charge in [-0.05, 0) is 17.7 Å². The summed E-state index contributed by atoms with van der Waals surface area (Å²) in [6.45, 7) is -0.243. The van der Waals surface area contributed by atoms with E-state index in [1.807, 2.05) is 30.3 Å². The van der Waals surface area contributed by atoms with E-state index in [9.17, 15) is 19.5 Å². The number of amides is 2. The van der Waals surface area contributed by atoms with Crippen LogP contribution in [0, 0.1) is 0 Å². The minimum Gasteiger partial charge on any atom is -0.383 e. The number of benzene rings is 1. The number of pyridine rings is 1. The van der Waals surface area contributed by atoms with Gasteiger partial charge in [0.1, 0.15) is 23.0 Å². The Morgan fingerprint density at radius 2 is 2.07 bits per heavy atom. The first-order chi connectivity index (χ1) is 14.4. The first-order valence-corrected chi connectivity index (χ1v) is 9.77. The molecule has 3 aromatic rings. The number of H-pyrrole nitrogens is 1. The minimum absolute atomic E-state index is 0.0740. The number of β-amino-alcohol motifs (C(OH)–C–C–N with tert-alkyl or cyclic N) is 1. The van der Waals surface area contributed by atoms with E-state index >= 15 is 0 Å². The van der Waals surface area contributed by atoms with Crippen LogP contribution in [0.5, 0.6) is 0 Å². The van der Waals surface area contributed by atoms with Crippen LogP contribution in [0.25, 0.3) is 10.9 Å². The molecule has 2 atom stereocenters. The number of hydrogen-bond acceptors (Lipinski definition) is 5. The highest BCUT2D eigenvalue weighted by molar-refractivity contribution is 6.30. The monoisotopic (exact) mass is 426 g/mol. The fourth-order valence-electron chi connectivity index (χ4n) is 3.47. The second-order valence-electron chi connectivity index (χ2n) is 7.19. The summed E-state index contributed by atoms with van der Waals surface area (Å²) in [7, 11) is 0. The number of fused-ring (bicyclic) bond motifs is 1. The van der Waals surface area contributed by atoms with Gasteiger partial charge in [-0.2, -0.15) is 0 Å². The normalized spacial score (nSPS) is 17.3. The van der Waals surface area contributed by atoms with Gasteiger partial charge in [-0.3, -0.25) is 14.4 Å². The molecule has 1 aliphatic rings.